The molecule has 1 heterocycles. The third-order valence-corrected chi connectivity index (χ3v) is 4.77. The van der Waals surface area contributed by atoms with Crippen LogP contribution in [-0.4, -0.2) is 42.9 Å². The summed E-state index contributed by atoms with van der Waals surface area (Å²) < 4.78 is 5.14. The summed E-state index contributed by atoms with van der Waals surface area (Å²) in [5, 5.41) is 3.83. The Balaban J connectivity index is 1.52. The summed E-state index contributed by atoms with van der Waals surface area (Å²) in [6, 6.07) is -0.689. The Hall–Kier alpha value is -1.30. The van der Waals surface area contributed by atoms with Gasteiger partial charge in [-0.3, -0.25) is 9.63 Å². The number of hydroxylamine groups is 2. The monoisotopic (exact) mass is 312 g/mol. The fourth-order valence-corrected chi connectivity index (χ4v) is 3.38. The first-order valence-electron chi connectivity index (χ1n) is 8.44. The summed E-state index contributed by atoms with van der Waals surface area (Å²) in [6.07, 6.45) is 9.57. The van der Waals surface area contributed by atoms with Gasteiger partial charge in [0.2, 0.25) is 0 Å². The van der Waals surface area contributed by atoms with Gasteiger partial charge in [-0.2, -0.15) is 0 Å². The van der Waals surface area contributed by atoms with Crippen LogP contribution >= 0.6 is 0 Å². The fourth-order valence-electron chi connectivity index (χ4n) is 3.38. The standard InChI is InChI=1S/C16H28N2O4/c1-12-14(15(19)18(12)21-2)17-16(20)22-11-7-6-10-13-8-4-3-5-9-13/h12-14H,3-11H2,1-2H3,(H,17,20)/t12-,14-/m0/s1. The van der Waals surface area contributed by atoms with Crippen molar-refractivity contribution in [3.05, 3.63) is 0 Å². The van der Waals surface area contributed by atoms with Crippen molar-refractivity contribution in [1.29, 1.82) is 0 Å². The quantitative estimate of drug-likeness (QED) is 0.579. The Kier molecular flexibility index (Phi) is 6.49. The number of carbonyl (C=O) groups excluding carboxylic acids is 2. The van der Waals surface area contributed by atoms with Crippen molar-refractivity contribution in [2.75, 3.05) is 13.7 Å². The number of ether oxygens (including phenoxy) is 1. The van der Waals surface area contributed by atoms with Crippen LogP contribution in [-0.2, 0) is 14.4 Å². The molecule has 6 heteroatoms. The van der Waals surface area contributed by atoms with Gasteiger partial charge in [0.1, 0.15) is 6.04 Å². The van der Waals surface area contributed by atoms with Crippen molar-refractivity contribution in [3.8, 4) is 0 Å². The largest absolute Gasteiger partial charge is 0.450 e. The van der Waals surface area contributed by atoms with Gasteiger partial charge in [0, 0.05) is 0 Å². The maximum absolute atomic E-state index is 11.7. The Morgan fingerprint density at radius 2 is 2.00 bits per heavy atom. The summed E-state index contributed by atoms with van der Waals surface area (Å²) in [4.78, 5) is 28.2. The Labute approximate surface area is 132 Å². The molecule has 1 aliphatic carbocycles. The number of amides is 2. The highest BCUT2D eigenvalue weighted by molar-refractivity contribution is 5.91. The molecule has 1 N–H and O–H groups in total. The Bertz CT molecular complexity index is 382. The minimum absolute atomic E-state index is 0.156. The van der Waals surface area contributed by atoms with Crippen molar-refractivity contribution < 1.29 is 19.2 Å². The second kappa shape index (κ2) is 8.36. The molecule has 2 rings (SSSR count). The summed E-state index contributed by atoms with van der Waals surface area (Å²) in [6.45, 7) is 2.24. The number of nitrogens with one attached hydrogen (secondary N) is 1. The highest BCUT2D eigenvalue weighted by Crippen LogP contribution is 2.27. The highest BCUT2D eigenvalue weighted by atomic mass is 16.7. The van der Waals surface area contributed by atoms with Crippen LogP contribution in [0.4, 0.5) is 4.79 Å². The molecule has 0 spiro atoms. The molecule has 0 unspecified atom stereocenters. The van der Waals surface area contributed by atoms with Gasteiger partial charge in [-0.1, -0.05) is 38.5 Å². The van der Waals surface area contributed by atoms with E-state index >= 15 is 0 Å². The first kappa shape index (κ1) is 17.1. The number of hydrogen-bond donors (Lipinski definition) is 1. The lowest BCUT2D eigenvalue weighted by Crippen LogP contribution is -2.69. The van der Waals surface area contributed by atoms with Crippen molar-refractivity contribution >= 4 is 12.0 Å². The van der Waals surface area contributed by atoms with Crippen LogP contribution in [0.2, 0.25) is 0 Å². The predicted octanol–water partition coefficient (Wildman–Crippen LogP) is 2.62. The summed E-state index contributed by atoms with van der Waals surface area (Å²) in [7, 11) is 1.44. The second-order valence-corrected chi connectivity index (χ2v) is 6.34. The molecule has 126 valence electrons. The number of nitrogens with zero attached hydrogens (tertiary/aromatic N) is 1. The van der Waals surface area contributed by atoms with Gasteiger partial charge in [0.05, 0.1) is 19.8 Å². The van der Waals surface area contributed by atoms with Gasteiger partial charge in [-0.15, -0.1) is 0 Å². The molecule has 2 amide bonds. The van der Waals surface area contributed by atoms with Crippen molar-refractivity contribution in [3.63, 3.8) is 0 Å². The van der Waals surface area contributed by atoms with Crippen molar-refractivity contribution in [2.45, 2.75) is 70.4 Å². The molecule has 0 aromatic rings. The fraction of sp³-hybridized carbons (Fsp3) is 0.875. The van der Waals surface area contributed by atoms with E-state index in [1.54, 1.807) is 0 Å². The third kappa shape index (κ3) is 4.35. The summed E-state index contributed by atoms with van der Waals surface area (Å²) >= 11 is 0. The van der Waals surface area contributed by atoms with Crippen molar-refractivity contribution in [1.82, 2.24) is 10.4 Å². The average Bonchev–Trinajstić information content (AvgIpc) is 2.54. The van der Waals surface area contributed by atoms with Gasteiger partial charge in [0.15, 0.2) is 0 Å². The first-order chi connectivity index (χ1) is 10.6. The molecule has 2 fully saturated rings. The van der Waals surface area contributed by atoms with Crippen LogP contribution in [0, 0.1) is 5.92 Å². The maximum atomic E-state index is 11.7. The summed E-state index contributed by atoms with van der Waals surface area (Å²) in [5.41, 5.74) is 0. The van der Waals surface area contributed by atoms with Crippen LogP contribution in [0.15, 0.2) is 0 Å². The maximum Gasteiger partial charge on any atom is 0.407 e. The van der Waals surface area contributed by atoms with E-state index < -0.39 is 12.1 Å². The van der Waals surface area contributed by atoms with E-state index in [2.05, 4.69) is 5.32 Å². The summed E-state index contributed by atoms with van der Waals surface area (Å²) in [5.74, 6) is 0.639. The van der Waals surface area contributed by atoms with Gasteiger partial charge < -0.3 is 10.1 Å². The molecule has 22 heavy (non-hydrogen) atoms. The van der Waals surface area contributed by atoms with Crippen LogP contribution in [0.1, 0.15) is 58.3 Å². The SMILES string of the molecule is CON1C(=O)[C@@H](NC(=O)OCCCCC2CCCCC2)[C@@H]1C. The number of alkyl carbamates (subject to hydrolysis) is 1. The van der Waals surface area contributed by atoms with E-state index in [0.717, 1.165) is 18.8 Å². The molecule has 0 radical (unpaired) electrons. The average molecular weight is 312 g/mol. The van der Waals surface area contributed by atoms with Crippen molar-refractivity contribution in [2.24, 2.45) is 5.92 Å². The lowest BCUT2D eigenvalue weighted by molar-refractivity contribution is -0.219. The Morgan fingerprint density at radius 1 is 1.27 bits per heavy atom. The first-order valence-corrected chi connectivity index (χ1v) is 8.44. The molecule has 6 nitrogen and oxygen atoms in total. The lowest BCUT2D eigenvalue weighted by atomic mass is 9.86. The van der Waals surface area contributed by atoms with Gasteiger partial charge >= 0.3 is 6.09 Å². The molecule has 0 bridgehead atoms. The predicted molar refractivity (Wildman–Crippen MR) is 82.0 cm³/mol. The molecule has 1 saturated heterocycles. The van der Waals surface area contributed by atoms with Crippen LogP contribution in [0.5, 0.6) is 0 Å². The molecular formula is C16H28N2O4. The molecule has 2 aliphatic rings. The number of hydrogen-bond acceptors (Lipinski definition) is 4. The smallest absolute Gasteiger partial charge is 0.407 e. The van der Waals surface area contributed by atoms with E-state index in [4.69, 9.17) is 9.57 Å². The minimum atomic E-state index is -0.533. The highest BCUT2D eigenvalue weighted by Gasteiger charge is 2.46. The van der Waals surface area contributed by atoms with E-state index in [-0.39, 0.29) is 11.9 Å². The van der Waals surface area contributed by atoms with E-state index in [0.29, 0.717) is 6.61 Å². The van der Waals surface area contributed by atoms with Crippen LogP contribution in [0.3, 0.4) is 0 Å². The van der Waals surface area contributed by atoms with Crippen LogP contribution in [0.25, 0.3) is 0 Å². The second-order valence-electron chi connectivity index (χ2n) is 6.34. The number of carbonyl (C=O) groups is 2. The van der Waals surface area contributed by atoms with E-state index in [9.17, 15) is 9.59 Å². The zero-order valence-electron chi connectivity index (χ0n) is 13.7. The number of rotatable bonds is 7. The third-order valence-electron chi connectivity index (χ3n) is 4.77. The number of unbranched alkanes of at least 4 members (excludes halogenated alkanes) is 1. The topological polar surface area (TPSA) is 67.9 Å². The molecule has 1 saturated carbocycles. The molecule has 0 aromatic carbocycles. The van der Waals surface area contributed by atoms with Gasteiger partial charge in [-0.05, 0) is 25.7 Å². The number of β-lactam (4-membered cyclic amide) rings is 1. The molecule has 0 aromatic heterocycles. The molecule has 1 aliphatic heterocycles. The molecular weight excluding hydrogens is 284 g/mol. The molecule has 2 atom stereocenters. The minimum Gasteiger partial charge on any atom is -0.450 e. The normalized spacial score (nSPS) is 25.7. The van der Waals surface area contributed by atoms with Gasteiger partial charge in [0.25, 0.3) is 5.91 Å². The van der Waals surface area contributed by atoms with E-state index in [1.165, 1.54) is 50.7 Å². The zero-order chi connectivity index (χ0) is 15.9. The Morgan fingerprint density at radius 3 is 2.64 bits per heavy atom. The van der Waals surface area contributed by atoms with Crippen LogP contribution < -0.4 is 5.32 Å². The zero-order valence-corrected chi connectivity index (χ0v) is 13.7. The van der Waals surface area contributed by atoms with Gasteiger partial charge in [-0.25, -0.2) is 9.86 Å². The lowest BCUT2D eigenvalue weighted by Gasteiger charge is -2.42. The van der Waals surface area contributed by atoms with E-state index in [1.807, 2.05) is 6.92 Å².